The van der Waals surface area contributed by atoms with E-state index >= 15 is 0 Å². The second kappa shape index (κ2) is 7.96. The molecule has 2 aromatic rings. The van der Waals surface area contributed by atoms with Crippen LogP contribution < -0.4 is 10.2 Å². The van der Waals surface area contributed by atoms with Crippen molar-refractivity contribution in [1.29, 1.82) is 0 Å². The zero-order valence-corrected chi connectivity index (χ0v) is 14.2. The molecule has 0 aliphatic rings. The van der Waals surface area contributed by atoms with Gasteiger partial charge in [0, 0.05) is 9.50 Å². The van der Waals surface area contributed by atoms with Gasteiger partial charge in [0.05, 0.1) is 5.71 Å². The van der Waals surface area contributed by atoms with Crippen LogP contribution in [0.3, 0.4) is 0 Å². The van der Waals surface area contributed by atoms with Crippen molar-refractivity contribution in [3.05, 3.63) is 63.6 Å². The molecule has 0 radical (unpaired) electrons. The Bertz CT molecular complexity index is 687. The number of hydrazone groups is 1. The molecule has 1 N–H and O–H groups in total. The molecule has 0 saturated heterocycles. The van der Waals surface area contributed by atoms with Crippen molar-refractivity contribution in [1.82, 2.24) is 5.43 Å². The van der Waals surface area contributed by atoms with E-state index in [1.54, 1.807) is 24.3 Å². The zero-order valence-electron chi connectivity index (χ0n) is 11.8. The standard InChI is InChI=1S/C16H14BrClN2O2/c1-11(12-5-7-13(17)8-6-12)19-20-16(21)10-22-15-4-2-3-14(18)9-15/h2-9H,10H2,1H3,(H,20,21). The Morgan fingerprint density at radius 2 is 2.00 bits per heavy atom. The Morgan fingerprint density at radius 3 is 2.68 bits per heavy atom. The average Bonchev–Trinajstić information content (AvgIpc) is 2.51. The second-order valence-electron chi connectivity index (χ2n) is 4.49. The molecule has 4 nitrogen and oxygen atoms in total. The normalized spacial score (nSPS) is 11.1. The molecule has 0 bridgehead atoms. The Morgan fingerprint density at radius 1 is 1.27 bits per heavy atom. The molecule has 22 heavy (non-hydrogen) atoms. The molecular weight excluding hydrogens is 368 g/mol. The van der Waals surface area contributed by atoms with E-state index in [0.29, 0.717) is 16.5 Å². The van der Waals surface area contributed by atoms with Gasteiger partial charge in [-0.2, -0.15) is 5.10 Å². The summed E-state index contributed by atoms with van der Waals surface area (Å²) in [4.78, 5) is 11.7. The van der Waals surface area contributed by atoms with Gasteiger partial charge in [0.25, 0.3) is 5.91 Å². The number of carbonyl (C=O) groups is 1. The topological polar surface area (TPSA) is 50.7 Å². The van der Waals surface area contributed by atoms with Crippen LogP contribution in [0.4, 0.5) is 0 Å². The maximum absolute atomic E-state index is 11.7. The summed E-state index contributed by atoms with van der Waals surface area (Å²) in [5.74, 6) is 0.202. The highest BCUT2D eigenvalue weighted by molar-refractivity contribution is 9.10. The molecule has 0 atom stereocenters. The van der Waals surface area contributed by atoms with Crippen LogP contribution in [0.15, 0.2) is 58.1 Å². The number of carbonyl (C=O) groups excluding carboxylic acids is 1. The summed E-state index contributed by atoms with van der Waals surface area (Å²) in [5.41, 5.74) is 4.10. The minimum Gasteiger partial charge on any atom is -0.484 e. The first-order valence-electron chi connectivity index (χ1n) is 6.52. The predicted molar refractivity (Wildman–Crippen MR) is 91.4 cm³/mol. The third-order valence-electron chi connectivity index (χ3n) is 2.78. The minimum atomic E-state index is -0.337. The third kappa shape index (κ3) is 5.16. The van der Waals surface area contributed by atoms with E-state index in [-0.39, 0.29) is 12.5 Å². The quantitative estimate of drug-likeness (QED) is 0.628. The number of nitrogens with one attached hydrogen (secondary N) is 1. The summed E-state index contributed by atoms with van der Waals surface area (Å²) < 4.78 is 6.32. The van der Waals surface area contributed by atoms with E-state index in [1.165, 1.54) is 0 Å². The molecule has 0 aliphatic heterocycles. The molecule has 0 aromatic heterocycles. The number of benzene rings is 2. The van der Waals surface area contributed by atoms with Gasteiger partial charge >= 0.3 is 0 Å². The van der Waals surface area contributed by atoms with Crippen LogP contribution >= 0.6 is 27.5 Å². The van der Waals surface area contributed by atoms with Crippen LogP contribution in [0, 0.1) is 0 Å². The number of halogens is 2. The number of nitrogens with zero attached hydrogens (tertiary/aromatic N) is 1. The van der Waals surface area contributed by atoms with E-state index in [0.717, 1.165) is 10.0 Å². The van der Waals surface area contributed by atoms with Crippen LogP contribution in [0.1, 0.15) is 12.5 Å². The first-order chi connectivity index (χ1) is 10.5. The van der Waals surface area contributed by atoms with Crippen LogP contribution in [0.25, 0.3) is 0 Å². The van der Waals surface area contributed by atoms with Gasteiger partial charge in [0.2, 0.25) is 0 Å². The molecule has 2 aromatic carbocycles. The van der Waals surface area contributed by atoms with Gasteiger partial charge < -0.3 is 4.74 Å². The SMILES string of the molecule is CC(=NNC(=O)COc1cccc(Cl)c1)c1ccc(Br)cc1. The largest absolute Gasteiger partial charge is 0.484 e. The van der Waals surface area contributed by atoms with Gasteiger partial charge in [0.15, 0.2) is 6.61 Å². The molecule has 6 heteroatoms. The fourth-order valence-electron chi connectivity index (χ4n) is 1.64. The average molecular weight is 382 g/mol. The zero-order chi connectivity index (χ0) is 15.9. The molecule has 114 valence electrons. The van der Waals surface area contributed by atoms with Crippen molar-refractivity contribution in [2.24, 2.45) is 5.10 Å². The molecule has 2 rings (SSSR count). The summed E-state index contributed by atoms with van der Waals surface area (Å²) in [6, 6.07) is 14.5. The Balaban J connectivity index is 1.86. The second-order valence-corrected chi connectivity index (χ2v) is 5.84. The van der Waals surface area contributed by atoms with Crippen molar-refractivity contribution < 1.29 is 9.53 Å². The lowest BCUT2D eigenvalue weighted by Gasteiger charge is -2.06. The van der Waals surface area contributed by atoms with Crippen LogP contribution in [-0.4, -0.2) is 18.2 Å². The van der Waals surface area contributed by atoms with E-state index in [2.05, 4.69) is 26.5 Å². The highest BCUT2D eigenvalue weighted by atomic mass is 79.9. The van der Waals surface area contributed by atoms with E-state index in [9.17, 15) is 4.79 Å². The fraction of sp³-hybridized carbons (Fsp3) is 0.125. The fourth-order valence-corrected chi connectivity index (χ4v) is 2.08. The van der Waals surface area contributed by atoms with Crippen molar-refractivity contribution in [2.45, 2.75) is 6.92 Å². The van der Waals surface area contributed by atoms with Crippen LogP contribution in [0.5, 0.6) is 5.75 Å². The lowest BCUT2D eigenvalue weighted by Crippen LogP contribution is -2.25. The van der Waals surface area contributed by atoms with E-state index < -0.39 is 0 Å². The lowest BCUT2D eigenvalue weighted by atomic mass is 10.1. The molecular formula is C16H14BrClN2O2. The maximum Gasteiger partial charge on any atom is 0.277 e. The van der Waals surface area contributed by atoms with Gasteiger partial charge in [-0.1, -0.05) is 45.7 Å². The van der Waals surface area contributed by atoms with Crippen molar-refractivity contribution >= 4 is 39.1 Å². The number of hydrogen-bond acceptors (Lipinski definition) is 3. The molecule has 0 fully saturated rings. The van der Waals surface area contributed by atoms with Crippen molar-refractivity contribution in [3.63, 3.8) is 0 Å². The predicted octanol–water partition coefficient (Wildman–Crippen LogP) is 4.02. The van der Waals surface area contributed by atoms with Gasteiger partial charge in [-0.05, 0) is 42.8 Å². The van der Waals surface area contributed by atoms with Crippen LogP contribution in [-0.2, 0) is 4.79 Å². The van der Waals surface area contributed by atoms with Crippen LogP contribution in [0.2, 0.25) is 5.02 Å². The summed E-state index contributed by atoms with van der Waals surface area (Å²) in [7, 11) is 0. The number of ether oxygens (including phenoxy) is 1. The first-order valence-corrected chi connectivity index (χ1v) is 7.69. The molecule has 0 aliphatic carbocycles. The van der Waals surface area contributed by atoms with Crippen molar-refractivity contribution in [2.75, 3.05) is 6.61 Å². The lowest BCUT2D eigenvalue weighted by molar-refractivity contribution is -0.123. The summed E-state index contributed by atoms with van der Waals surface area (Å²) in [6.07, 6.45) is 0. The van der Waals surface area contributed by atoms with Gasteiger partial charge in [-0.15, -0.1) is 0 Å². The Kier molecular flexibility index (Phi) is 5.98. The van der Waals surface area contributed by atoms with E-state index in [1.807, 2.05) is 31.2 Å². The number of rotatable bonds is 5. The first kappa shape index (κ1) is 16.5. The van der Waals surface area contributed by atoms with E-state index in [4.69, 9.17) is 16.3 Å². The Labute approximate surface area is 142 Å². The Hall–Kier alpha value is -1.85. The highest BCUT2D eigenvalue weighted by Crippen LogP contribution is 2.16. The van der Waals surface area contributed by atoms with Gasteiger partial charge in [0.1, 0.15) is 5.75 Å². The number of hydrogen-bond donors (Lipinski definition) is 1. The van der Waals surface area contributed by atoms with Crippen molar-refractivity contribution in [3.8, 4) is 5.75 Å². The summed E-state index contributed by atoms with van der Waals surface area (Å²) in [6.45, 7) is 1.69. The summed E-state index contributed by atoms with van der Waals surface area (Å²) in [5, 5.41) is 4.61. The highest BCUT2D eigenvalue weighted by Gasteiger charge is 2.03. The van der Waals surface area contributed by atoms with Gasteiger partial charge in [-0.3, -0.25) is 4.79 Å². The molecule has 0 heterocycles. The third-order valence-corrected chi connectivity index (χ3v) is 3.54. The summed E-state index contributed by atoms with van der Waals surface area (Å²) >= 11 is 9.21. The molecule has 0 saturated carbocycles. The number of amides is 1. The smallest absolute Gasteiger partial charge is 0.277 e. The minimum absolute atomic E-state index is 0.128. The monoisotopic (exact) mass is 380 g/mol. The molecule has 1 amide bonds. The maximum atomic E-state index is 11.7. The van der Waals surface area contributed by atoms with Gasteiger partial charge in [-0.25, -0.2) is 5.43 Å². The molecule has 0 spiro atoms. The molecule has 0 unspecified atom stereocenters.